The predicted octanol–water partition coefficient (Wildman–Crippen LogP) is 0.119. The summed E-state index contributed by atoms with van der Waals surface area (Å²) in [5, 5.41) is 0. The first-order chi connectivity index (χ1) is 1.41. The zero-order chi connectivity index (χ0) is 2.71. The molecule has 2 heteroatoms. The van der Waals surface area contributed by atoms with Gasteiger partial charge < -0.3 is 0 Å². The fourth-order valence-electron chi connectivity index (χ4n) is 0. The molecule has 0 heterocycles. The quantitative estimate of drug-likeness (QED) is 0.402. The molecule has 0 rings (SSSR count). The van der Waals surface area contributed by atoms with E-state index in [2.05, 4.69) is 13.8 Å². The van der Waals surface area contributed by atoms with Crippen LogP contribution in [0.3, 0.4) is 0 Å². The molecule has 5 heavy (non-hydrogen) atoms. The van der Waals surface area contributed by atoms with Crippen molar-refractivity contribution in [2.75, 3.05) is 0 Å². The molecule has 0 amide bonds. The predicted molar refractivity (Wildman–Crippen MR) is 30.3 cm³/mol. The van der Waals surface area contributed by atoms with Crippen LogP contribution in [0.2, 0.25) is 0 Å². The summed E-state index contributed by atoms with van der Waals surface area (Å²) >= 11 is 0. The standard InChI is InChI=1S/C3H8.2K.2H/c1-3-2;;;;/h3H2,1-2H3;;;;. The molecule has 0 atom stereocenters. The van der Waals surface area contributed by atoms with Crippen molar-refractivity contribution in [3.63, 3.8) is 0 Å². The summed E-state index contributed by atoms with van der Waals surface area (Å²) in [5.41, 5.74) is 0. The average molecular weight is 124 g/mol. The molecule has 0 spiro atoms. The first-order valence-corrected chi connectivity index (χ1v) is 1.41. The summed E-state index contributed by atoms with van der Waals surface area (Å²) in [6, 6.07) is 0. The normalized spacial score (nSPS) is 3.60. The van der Waals surface area contributed by atoms with Crippen LogP contribution in [-0.4, -0.2) is 103 Å². The van der Waals surface area contributed by atoms with E-state index in [9.17, 15) is 0 Å². The first kappa shape index (κ1) is 15.7. The van der Waals surface area contributed by atoms with Crippen LogP contribution in [0.25, 0.3) is 0 Å². The Bertz CT molecular complexity index is 4.85. The molecule has 0 unspecified atom stereocenters. The van der Waals surface area contributed by atoms with Crippen LogP contribution < -0.4 is 0 Å². The molecule has 0 nitrogen and oxygen atoms in total. The minimum atomic E-state index is 0. The molecule has 0 aromatic carbocycles. The maximum atomic E-state index is 2.12. The van der Waals surface area contributed by atoms with E-state index in [1.165, 1.54) is 6.42 Å². The Morgan fingerprint density at radius 2 is 1.00 bits per heavy atom. The van der Waals surface area contributed by atoms with E-state index in [1.807, 2.05) is 0 Å². The molecule has 0 saturated heterocycles. The van der Waals surface area contributed by atoms with E-state index in [0.29, 0.717) is 0 Å². The van der Waals surface area contributed by atoms with Crippen molar-refractivity contribution >= 4 is 103 Å². The van der Waals surface area contributed by atoms with Gasteiger partial charge in [0.25, 0.3) is 0 Å². The van der Waals surface area contributed by atoms with Crippen molar-refractivity contribution in [3.05, 3.63) is 0 Å². The van der Waals surface area contributed by atoms with Gasteiger partial charge in [0, 0.05) is 0 Å². The second-order valence-corrected chi connectivity index (χ2v) is 0.707. The van der Waals surface area contributed by atoms with E-state index < -0.39 is 0 Å². The molecule has 0 aliphatic rings. The molecule has 0 aliphatic carbocycles. The topological polar surface area (TPSA) is 0 Å². The Labute approximate surface area is 119 Å². The van der Waals surface area contributed by atoms with E-state index in [-0.39, 0.29) is 103 Å². The third kappa shape index (κ3) is 18.9. The van der Waals surface area contributed by atoms with E-state index in [4.69, 9.17) is 0 Å². The first-order valence-electron chi connectivity index (χ1n) is 1.41. The zero-order valence-electron chi connectivity index (χ0n) is 2.71. The Morgan fingerprint density at radius 3 is 1.00 bits per heavy atom. The molecule has 0 fully saturated rings. The number of hydrogen-bond acceptors (Lipinski definition) is 0. The molecule has 0 N–H and O–H groups in total. The van der Waals surface area contributed by atoms with Gasteiger partial charge in [-0.3, -0.25) is 0 Å². The van der Waals surface area contributed by atoms with Crippen molar-refractivity contribution in [2.24, 2.45) is 0 Å². The summed E-state index contributed by atoms with van der Waals surface area (Å²) in [4.78, 5) is 0. The molecular formula is C3H10K2. The average Bonchev–Trinajstić information content (AvgIpc) is 0.918. The van der Waals surface area contributed by atoms with Gasteiger partial charge in [0.15, 0.2) is 0 Å². The Kier molecular flexibility index (Phi) is 49.3. The Morgan fingerprint density at radius 1 is 1.00 bits per heavy atom. The van der Waals surface area contributed by atoms with Crippen molar-refractivity contribution in [1.29, 1.82) is 0 Å². The minimum absolute atomic E-state index is 0. The molecule has 0 aromatic rings. The molecule has 0 aromatic heterocycles. The second-order valence-electron chi connectivity index (χ2n) is 0.707. The Hall–Kier alpha value is 3.27. The van der Waals surface area contributed by atoms with Gasteiger partial charge in [0.05, 0.1) is 0 Å². The summed E-state index contributed by atoms with van der Waals surface area (Å²) < 4.78 is 0. The molecule has 24 valence electrons. The Balaban J connectivity index is -0.0000000200. The van der Waals surface area contributed by atoms with Crippen LogP contribution in [0.5, 0.6) is 0 Å². The van der Waals surface area contributed by atoms with E-state index in [1.54, 1.807) is 0 Å². The fourth-order valence-corrected chi connectivity index (χ4v) is 0. The van der Waals surface area contributed by atoms with E-state index >= 15 is 0 Å². The van der Waals surface area contributed by atoms with Crippen molar-refractivity contribution in [2.45, 2.75) is 20.3 Å². The third-order valence-electron chi connectivity index (χ3n) is 0. The fraction of sp³-hybridized carbons (Fsp3) is 1.00. The molecular weight excluding hydrogens is 114 g/mol. The van der Waals surface area contributed by atoms with Gasteiger partial charge in [-0.2, -0.15) is 0 Å². The summed E-state index contributed by atoms with van der Waals surface area (Å²) in [7, 11) is 0. The molecule has 0 saturated carbocycles. The van der Waals surface area contributed by atoms with Crippen molar-refractivity contribution in [1.82, 2.24) is 0 Å². The van der Waals surface area contributed by atoms with Crippen LogP contribution in [0, 0.1) is 0 Å². The van der Waals surface area contributed by atoms with Gasteiger partial charge in [0.1, 0.15) is 0 Å². The van der Waals surface area contributed by atoms with Crippen LogP contribution in [-0.2, 0) is 0 Å². The summed E-state index contributed by atoms with van der Waals surface area (Å²) in [6.07, 6.45) is 1.25. The third-order valence-corrected chi connectivity index (χ3v) is 0. The SMILES string of the molecule is CCC.[KH].[KH]. The van der Waals surface area contributed by atoms with Gasteiger partial charge in [0.2, 0.25) is 0 Å². The monoisotopic (exact) mass is 124 g/mol. The van der Waals surface area contributed by atoms with Gasteiger partial charge in [-0.05, 0) is 0 Å². The van der Waals surface area contributed by atoms with Crippen LogP contribution in [0.15, 0.2) is 0 Å². The second kappa shape index (κ2) is 15.7. The van der Waals surface area contributed by atoms with Crippen LogP contribution in [0.4, 0.5) is 0 Å². The van der Waals surface area contributed by atoms with E-state index in [0.717, 1.165) is 0 Å². The number of hydrogen-bond donors (Lipinski definition) is 0. The van der Waals surface area contributed by atoms with Crippen molar-refractivity contribution in [3.8, 4) is 0 Å². The van der Waals surface area contributed by atoms with Crippen LogP contribution in [0.1, 0.15) is 20.3 Å². The summed E-state index contributed by atoms with van der Waals surface area (Å²) in [6.45, 7) is 4.25. The maximum absolute atomic E-state index is 2.12. The molecule has 0 bridgehead atoms. The number of rotatable bonds is 0. The van der Waals surface area contributed by atoms with Crippen molar-refractivity contribution < 1.29 is 0 Å². The van der Waals surface area contributed by atoms with Gasteiger partial charge >= 0.3 is 103 Å². The van der Waals surface area contributed by atoms with Crippen LogP contribution >= 0.6 is 0 Å². The molecule has 0 aliphatic heterocycles. The van der Waals surface area contributed by atoms with Gasteiger partial charge in [-0.25, -0.2) is 0 Å². The summed E-state index contributed by atoms with van der Waals surface area (Å²) in [5.74, 6) is 0. The van der Waals surface area contributed by atoms with Gasteiger partial charge in [-0.15, -0.1) is 0 Å². The molecule has 0 radical (unpaired) electrons. The zero-order valence-corrected chi connectivity index (χ0v) is 2.71. The van der Waals surface area contributed by atoms with Gasteiger partial charge in [-0.1, -0.05) is 20.3 Å².